The van der Waals surface area contributed by atoms with Crippen LogP contribution in [0.25, 0.3) is 11.2 Å². The Hall–Kier alpha value is -2.82. The van der Waals surface area contributed by atoms with E-state index >= 15 is 0 Å². The number of pyridine rings is 1. The zero-order valence-electron chi connectivity index (χ0n) is 14.1. The standard InChI is InChI=1S/C19H18FN5O/c20-15-10-25(9-14-5-3-13(8-21)4-6-14)11-17(15)26-12-18-23-16-2-1-7-22-19(16)24-18/h1-7,15,17H,9-12H2,(H,22,23,24)/t15-,17+/m1/s1. The third kappa shape index (κ3) is 3.57. The van der Waals surface area contributed by atoms with Crippen LogP contribution in [0.1, 0.15) is 17.0 Å². The summed E-state index contributed by atoms with van der Waals surface area (Å²) >= 11 is 0. The Bertz CT molecular complexity index is 900. The maximum atomic E-state index is 14.3. The number of aromatic amines is 1. The molecular formula is C19H18FN5O. The zero-order chi connectivity index (χ0) is 17.9. The molecule has 7 heteroatoms. The lowest BCUT2D eigenvalue weighted by Gasteiger charge is -2.15. The number of rotatable bonds is 5. The van der Waals surface area contributed by atoms with Gasteiger partial charge in [-0.05, 0) is 29.8 Å². The summed E-state index contributed by atoms with van der Waals surface area (Å²) in [6.45, 7) is 1.73. The van der Waals surface area contributed by atoms with Crippen LogP contribution >= 0.6 is 0 Å². The van der Waals surface area contributed by atoms with Crippen molar-refractivity contribution in [2.24, 2.45) is 0 Å². The van der Waals surface area contributed by atoms with Gasteiger partial charge in [0, 0.05) is 25.8 Å². The number of hydrogen-bond donors (Lipinski definition) is 1. The number of nitrogens with one attached hydrogen (secondary N) is 1. The molecule has 4 rings (SSSR count). The Labute approximate surface area is 150 Å². The minimum absolute atomic E-state index is 0.228. The second kappa shape index (κ2) is 7.20. The van der Waals surface area contributed by atoms with Gasteiger partial charge in [-0.25, -0.2) is 14.4 Å². The minimum Gasteiger partial charge on any atom is -0.366 e. The van der Waals surface area contributed by atoms with E-state index in [0.29, 0.717) is 36.7 Å². The molecule has 2 atom stereocenters. The smallest absolute Gasteiger partial charge is 0.177 e. The molecule has 1 aromatic carbocycles. The highest BCUT2D eigenvalue weighted by Gasteiger charge is 2.33. The Morgan fingerprint density at radius 2 is 2.12 bits per heavy atom. The van der Waals surface area contributed by atoms with Crippen LogP contribution in [0.4, 0.5) is 4.39 Å². The number of halogens is 1. The summed E-state index contributed by atoms with van der Waals surface area (Å²) in [5.74, 6) is 0.649. The highest BCUT2D eigenvalue weighted by atomic mass is 19.1. The maximum absolute atomic E-state index is 14.3. The van der Waals surface area contributed by atoms with Gasteiger partial charge in [-0.15, -0.1) is 0 Å². The Balaban J connectivity index is 1.33. The first-order chi connectivity index (χ1) is 12.7. The van der Waals surface area contributed by atoms with Crippen LogP contribution in [0.15, 0.2) is 42.6 Å². The average molecular weight is 351 g/mol. The highest BCUT2D eigenvalue weighted by molar-refractivity contribution is 5.69. The Kier molecular flexibility index (Phi) is 4.61. The van der Waals surface area contributed by atoms with Crippen molar-refractivity contribution < 1.29 is 9.13 Å². The number of likely N-dealkylation sites (tertiary alicyclic amines) is 1. The molecule has 1 aliphatic rings. The van der Waals surface area contributed by atoms with Crippen molar-refractivity contribution in [3.63, 3.8) is 0 Å². The predicted molar refractivity (Wildman–Crippen MR) is 93.8 cm³/mol. The average Bonchev–Trinajstić information content (AvgIpc) is 3.23. The molecule has 1 fully saturated rings. The number of alkyl halides is 1. The van der Waals surface area contributed by atoms with E-state index in [1.165, 1.54) is 0 Å². The lowest BCUT2D eigenvalue weighted by atomic mass is 10.1. The number of nitriles is 1. The summed E-state index contributed by atoms with van der Waals surface area (Å²) in [6, 6.07) is 13.2. The first-order valence-electron chi connectivity index (χ1n) is 8.48. The van der Waals surface area contributed by atoms with Gasteiger partial charge in [0.1, 0.15) is 24.7 Å². The van der Waals surface area contributed by atoms with Gasteiger partial charge in [0.25, 0.3) is 0 Å². The molecule has 26 heavy (non-hydrogen) atoms. The van der Waals surface area contributed by atoms with Crippen LogP contribution < -0.4 is 0 Å². The summed E-state index contributed by atoms with van der Waals surface area (Å²) in [7, 11) is 0. The van der Waals surface area contributed by atoms with Gasteiger partial charge >= 0.3 is 0 Å². The Morgan fingerprint density at radius 1 is 1.27 bits per heavy atom. The minimum atomic E-state index is -1.03. The summed E-state index contributed by atoms with van der Waals surface area (Å²) in [5.41, 5.74) is 3.16. The van der Waals surface area contributed by atoms with Crippen LogP contribution in [0.3, 0.4) is 0 Å². The van der Waals surface area contributed by atoms with Crippen molar-refractivity contribution in [2.45, 2.75) is 25.4 Å². The molecule has 1 saturated heterocycles. The molecule has 3 heterocycles. The molecule has 3 aromatic rings. The lowest BCUT2D eigenvalue weighted by Crippen LogP contribution is -2.24. The molecule has 1 N–H and O–H groups in total. The van der Waals surface area contributed by atoms with Crippen molar-refractivity contribution in [3.8, 4) is 6.07 Å². The van der Waals surface area contributed by atoms with Gasteiger partial charge in [-0.1, -0.05) is 12.1 Å². The highest BCUT2D eigenvalue weighted by Crippen LogP contribution is 2.20. The molecule has 0 bridgehead atoms. The molecule has 0 radical (unpaired) electrons. The lowest BCUT2D eigenvalue weighted by molar-refractivity contribution is 0.00863. The van der Waals surface area contributed by atoms with Gasteiger partial charge in [0.2, 0.25) is 0 Å². The van der Waals surface area contributed by atoms with Crippen molar-refractivity contribution in [3.05, 3.63) is 59.5 Å². The maximum Gasteiger partial charge on any atom is 0.177 e. The fourth-order valence-corrected chi connectivity index (χ4v) is 3.19. The molecular weight excluding hydrogens is 333 g/mol. The third-order valence-corrected chi connectivity index (χ3v) is 4.50. The largest absolute Gasteiger partial charge is 0.366 e. The van der Waals surface area contributed by atoms with Crippen LogP contribution in [0, 0.1) is 11.3 Å². The molecule has 0 amide bonds. The van der Waals surface area contributed by atoms with Crippen LogP contribution in [0.5, 0.6) is 0 Å². The second-order valence-corrected chi connectivity index (χ2v) is 6.43. The van der Waals surface area contributed by atoms with Crippen LogP contribution in [-0.2, 0) is 17.9 Å². The monoisotopic (exact) mass is 351 g/mol. The SMILES string of the molecule is N#Cc1ccc(CN2C[C@@H](F)[C@@H](OCc3nc4ncccc4[nH]3)C2)cc1. The summed E-state index contributed by atoms with van der Waals surface area (Å²) in [6.07, 6.45) is 0.175. The first-order valence-corrected chi connectivity index (χ1v) is 8.48. The number of fused-ring (bicyclic) bond motifs is 1. The summed E-state index contributed by atoms with van der Waals surface area (Å²) in [5, 5.41) is 8.84. The first kappa shape index (κ1) is 16.6. The van der Waals surface area contributed by atoms with Crippen molar-refractivity contribution in [2.75, 3.05) is 13.1 Å². The number of ether oxygens (including phenoxy) is 1. The van der Waals surface area contributed by atoms with Gasteiger partial charge in [-0.3, -0.25) is 4.90 Å². The molecule has 0 aliphatic carbocycles. The van der Waals surface area contributed by atoms with Crippen LogP contribution in [0.2, 0.25) is 0 Å². The Morgan fingerprint density at radius 3 is 2.88 bits per heavy atom. The van der Waals surface area contributed by atoms with Crippen molar-refractivity contribution >= 4 is 11.2 Å². The van der Waals surface area contributed by atoms with E-state index in [9.17, 15) is 4.39 Å². The number of aromatic nitrogens is 3. The van der Waals surface area contributed by atoms with E-state index in [0.717, 1.165) is 11.1 Å². The van der Waals surface area contributed by atoms with E-state index in [1.807, 2.05) is 29.2 Å². The number of nitrogens with zero attached hydrogens (tertiary/aromatic N) is 4. The predicted octanol–water partition coefficient (Wildman–Crippen LogP) is 2.57. The molecule has 6 nitrogen and oxygen atoms in total. The van der Waals surface area contributed by atoms with Crippen molar-refractivity contribution in [1.82, 2.24) is 19.9 Å². The normalized spacial score (nSPS) is 20.5. The number of H-pyrrole nitrogens is 1. The quantitative estimate of drug-likeness (QED) is 0.764. The van der Waals surface area contributed by atoms with E-state index in [-0.39, 0.29) is 6.61 Å². The van der Waals surface area contributed by atoms with Gasteiger partial charge in [0.05, 0.1) is 17.1 Å². The van der Waals surface area contributed by atoms with E-state index in [4.69, 9.17) is 10.00 Å². The number of benzene rings is 1. The second-order valence-electron chi connectivity index (χ2n) is 6.43. The number of hydrogen-bond acceptors (Lipinski definition) is 5. The molecule has 1 aliphatic heterocycles. The zero-order valence-corrected chi connectivity index (χ0v) is 14.1. The van der Waals surface area contributed by atoms with Gasteiger partial charge in [0.15, 0.2) is 5.65 Å². The summed E-state index contributed by atoms with van der Waals surface area (Å²) in [4.78, 5) is 13.7. The summed E-state index contributed by atoms with van der Waals surface area (Å²) < 4.78 is 20.1. The number of imidazole rings is 1. The van der Waals surface area contributed by atoms with Crippen LogP contribution in [-0.4, -0.2) is 45.2 Å². The topological polar surface area (TPSA) is 77.8 Å². The third-order valence-electron chi connectivity index (χ3n) is 4.50. The molecule has 0 spiro atoms. The fraction of sp³-hybridized carbons (Fsp3) is 0.316. The molecule has 0 unspecified atom stereocenters. The molecule has 0 saturated carbocycles. The van der Waals surface area contributed by atoms with E-state index < -0.39 is 12.3 Å². The van der Waals surface area contributed by atoms with Gasteiger partial charge < -0.3 is 9.72 Å². The molecule has 132 valence electrons. The fourth-order valence-electron chi connectivity index (χ4n) is 3.19. The molecule has 2 aromatic heterocycles. The van der Waals surface area contributed by atoms with E-state index in [2.05, 4.69) is 21.0 Å². The van der Waals surface area contributed by atoms with Crippen molar-refractivity contribution in [1.29, 1.82) is 5.26 Å². The van der Waals surface area contributed by atoms with Gasteiger partial charge in [-0.2, -0.15) is 5.26 Å². The van der Waals surface area contributed by atoms with E-state index in [1.54, 1.807) is 18.3 Å².